The van der Waals surface area contributed by atoms with E-state index in [9.17, 15) is 9.90 Å². The summed E-state index contributed by atoms with van der Waals surface area (Å²) in [7, 11) is 0. The molecule has 2 aromatic rings. The number of hydrogen-bond donors (Lipinski definition) is 1. The van der Waals surface area contributed by atoms with Gasteiger partial charge in [0.2, 0.25) is 0 Å². The van der Waals surface area contributed by atoms with Gasteiger partial charge in [-0.15, -0.1) is 0 Å². The molecule has 0 bridgehead atoms. The molecule has 0 aliphatic rings. The molecule has 0 unspecified atom stereocenters. The summed E-state index contributed by atoms with van der Waals surface area (Å²) in [4.78, 5) is 12.1. The van der Waals surface area contributed by atoms with E-state index in [2.05, 4.69) is 6.92 Å². The van der Waals surface area contributed by atoms with E-state index in [1.54, 1.807) is 12.1 Å². The maximum Gasteiger partial charge on any atom is 0.343 e. The number of hydrogen-bond acceptors (Lipinski definition) is 3. The topological polar surface area (TPSA) is 46.5 Å². The molecule has 0 amide bonds. The quantitative estimate of drug-likeness (QED) is 0.293. The second kappa shape index (κ2) is 11.3. The van der Waals surface area contributed by atoms with Crippen LogP contribution in [0.2, 0.25) is 0 Å². The van der Waals surface area contributed by atoms with Crippen LogP contribution in [0.15, 0.2) is 48.5 Å². The third-order valence-electron chi connectivity index (χ3n) is 4.56. The number of carbonyl (C=O) groups is 1. The number of aryl methyl sites for hydroxylation is 1. The van der Waals surface area contributed by atoms with E-state index in [4.69, 9.17) is 4.74 Å². The van der Waals surface area contributed by atoms with Crippen molar-refractivity contribution in [2.24, 2.45) is 0 Å². The van der Waals surface area contributed by atoms with Gasteiger partial charge in [-0.05, 0) is 54.8 Å². The number of unbranched alkanes of at least 4 members (excludes halogenated alkanes) is 7. The summed E-state index contributed by atoms with van der Waals surface area (Å²) >= 11 is 0. The van der Waals surface area contributed by atoms with Gasteiger partial charge in [0.1, 0.15) is 11.5 Å². The van der Waals surface area contributed by atoms with Gasteiger partial charge in [0.25, 0.3) is 0 Å². The Kier molecular flexibility index (Phi) is 8.74. The van der Waals surface area contributed by atoms with Crippen molar-refractivity contribution in [2.75, 3.05) is 0 Å². The molecule has 0 aliphatic carbocycles. The Balaban J connectivity index is 1.68. The molecule has 0 spiro atoms. The lowest BCUT2D eigenvalue weighted by atomic mass is 10.0. The average molecular weight is 354 g/mol. The van der Waals surface area contributed by atoms with Crippen LogP contribution >= 0.6 is 0 Å². The highest BCUT2D eigenvalue weighted by molar-refractivity contribution is 5.91. The van der Waals surface area contributed by atoms with Crippen molar-refractivity contribution in [2.45, 2.75) is 64.7 Å². The third-order valence-corrected chi connectivity index (χ3v) is 4.56. The number of phenolic OH excluding ortho intramolecular Hbond substituents is 1. The van der Waals surface area contributed by atoms with Gasteiger partial charge >= 0.3 is 5.97 Å². The molecule has 3 nitrogen and oxygen atoms in total. The lowest BCUT2D eigenvalue weighted by molar-refractivity contribution is 0.0734. The molecule has 0 atom stereocenters. The van der Waals surface area contributed by atoms with Crippen LogP contribution in [0.25, 0.3) is 0 Å². The molecule has 0 aliphatic heterocycles. The largest absolute Gasteiger partial charge is 0.508 e. The van der Waals surface area contributed by atoms with Crippen LogP contribution in [-0.2, 0) is 6.42 Å². The van der Waals surface area contributed by atoms with Gasteiger partial charge in [-0.3, -0.25) is 0 Å². The van der Waals surface area contributed by atoms with Gasteiger partial charge in [-0.25, -0.2) is 4.79 Å². The Morgan fingerprint density at radius 3 is 2.00 bits per heavy atom. The van der Waals surface area contributed by atoms with Gasteiger partial charge in [0, 0.05) is 0 Å². The molecule has 3 heteroatoms. The molecule has 0 radical (unpaired) electrons. The van der Waals surface area contributed by atoms with Crippen LogP contribution in [-0.4, -0.2) is 11.1 Å². The molecule has 140 valence electrons. The first-order valence-corrected chi connectivity index (χ1v) is 9.79. The lowest BCUT2D eigenvalue weighted by Crippen LogP contribution is -2.08. The van der Waals surface area contributed by atoms with Gasteiger partial charge < -0.3 is 9.84 Å². The van der Waals surface area contributed by atoms with Gasteiger partial charge in [-0.1, -0.05) is 64.0 Å². The number of ether oxygens (including phenoxy) is 1. The van der Waals surface area contributed by atoms with E-state index in [1.165, 1.54) is 69.1 Å². The van der Waals surface area contributed by atoms with Crippen LogP contribution in [0.1, 0.15) is 74.2 Å². The number of rotatable bonds is 11. The molecule has 0 saturated carbocycles. The van der Waals surface area contributed by atoms with Crippen LogP contribution < -0.4 is 4.74 Å². The summed E-state index contributed by atoms with van der Waals surface area (Å²) < 4.78 is 5.30. The standard InChI is InChI=1S/C23H30O3/c1-2-3-4-5-6-7-8-9-10-19-11-13-20(14-12-19)23(25)26-22-17-15-21(24)16-18-22/h11-18,24H,2-10H2,1H3. The minimum Gasteiger partial charge on any atom is -0.508 e. The summed E-state index contributed by atoms with van der Waals surface area (Å²) in [5.41, 5.74) is 1.80. The van der Waals surface area contributed by atoms with Crippen LogP contribution in [0, 0.1) is 0 Å². The zero-order valence-corrected chi connectivity index (χ0v) is 15.7. The highest BCUT2D eigenvalue weighted by Gasteiger charge is 2.08. The summed E-state index contributed by atoms with van der Waals surface area (Å²) in [5.74, 6) is 0.195. The van der Waals surface area contributed by atoms with Crippen LogP contribution in [0.3, 0.4) is 0 Å². The highest BCUT2D eigenvalue weighted by atomic mass is 16.5. The van der Waals surface area contributed by atoms with E-state index in [1.807, 2.05) is 24.3 Å². The fourth-order valence-electron chi connectivity index (χ4n) is 2.95. The smallest absolute Gasteiger partial charge is 0.343 e. The van der Waals surface area contributed by atoms with Gasteiger partial charge in [0.15, 0.2) is 0 Å². The van der Waals surface area contributed by atoms with Gasteiger partial charge in [-0.2, -0.15) is 0 Å². The molecule has 0 fully saturated rings. The number of phenols is 1. The highest BCUT2D eigenvalue weighted by Crippen LogP contribution is 2.18. The van der Waals surface area contributed by atoms with Crippen molar-refractivity contribution >= 4 is 5.97 Å². The fourth-order valence-corrected chi connectivity index (χ4v) is 2.95. The van der Waals surface area contributed by atoms with Crippen LogP contribution in [0.4, 0.5) is 0 Å². The molecule has 2 aromatic carbocycles. The molecule has 2 rings (SSSR count). The van der Waals surface area contributed by atoms with Crippen LogP contribution in [0.5, 0.6) is 11.5 Å². The Morgan fingerprint density at radius 1 is 0.808 bits per heavy atom. The monoisotopic (exact) mass is 354 g/mol. The number of aromatic hydroxyl groups is 1. The van der Waals surface area contributed by atoms with Gasteiger partial charge in [0.05, 0.1) is 5.56 Å². The van der Waals surface area contributed by atoms with Crippen molar-refractivity contribution in [3.8, 4) is 11.5 Å². The summed E-state index contributed by atoms with van der Waals surface area (Å²) in [6.07, 6.45) is 11.6. The fraction of sp³-hybridized carbons (Fsp3) is 0.435. The maximum atomic E-state index is 12.1. The lowest BCUT2D eigenvalue weighted by Gasteiger charge is -2.06. The Hall–Kier alpha value is -2.29. The van der Waals surface area contributed by atoms with E-state index in [-0.39, 0.29) is 11.7 Å². The second-order valence-corrected chi connectivity index (χ2v) is 6.81. The molecule has 0 heterocycles. The Morgan fingerprint density at radius 2 is 1.38 bits per heavy atom. The third kappa shape index (κ3) is 7.30. The molecule has 0 aromatic heterocycles. The maximum absolute atomic E-state index is 12.1. The predicted molar refractivity (Wildman–Crippen MR) is 106 cm³/mol. The van der Waals surface area contributed by atoms with E-state index in [0.29, 0.717) is 11.3 Å². The van der Waals surface area contributed by atoms with E-state index >= 15 is 0 Å². The summed E-state index contributed by atoms with van der Waals surface area (Å²) in [6.45, 7) is 2.25. The first-order valence-electron chi connectivity index (χ1n) is 9.79. The summed E-state index contributed by atoms with van der Waals surface area (Å²) in [6, 6.07) is 13.8. The Bertz CT molecular complexity index is 644. The zero-order valence-electron chi connectivity index (χ0n) is 15.7. The van der Waals surface area contributed by atoms with E-state index in [0.717, 1.165) is 6.42 Å². The van der Waals surface area contributed by atoms with Crippen molar-refractivity contribution < 1.29 is 14.6 Å². The predicted octanol–water partition coefficient (Wildman–Crippen LogP) is 6.29. The van der Waals surface area contributed by atoms with Crippen molar-refractivity contribution in [1.82, 2.24) is 0 Å². The first kappa shape index (κ1) is 20.0. The molecule has 26 heavy (non-hydrogen) atoms. The minimum absolute atomic E-state index is 0.148. The normalized spacial score (nSPS) is 10.7. The second-order valence-electron chi connectivity index (χ2n) is 6.81. The molecule has 0 saturated heterocycles. The average Bonchev–Trinajstić information content (AvgIpc) is 2.66. The first-order chi connectivity index (χ1) is 12.7. The molecular formula is C23H30O3. The Labute approximate surface area is 157 Å². The SMILES string of the molecule is CCCCCCCCCCc1ccc(C(=O)Oc2ccc(O)cc2)cc1. The number of benzene rings is 2. The minimum atomic E-state index is -0.380. The van der Waals surface area contributed by atoms with Crippen molar-refractivity contribution in [1.29, 1.82) is 0 Å². The summed E-state index contributed by atoms with van der Waals surface area (Å²) in [5, 5.41) is 9.25. The number of esters is 1. The van der Waals surface area contributed by atoms with E-state index < -0.39 is 0 Å². The van der Waals surface area contributed by atoms with Crippen molar-refractivity contribution in [3.63, 3.8) is 0 Å². The zero-order chi connectivity index (χ0) is 18.6. The molecule has 1 N–H and O–H groups in total. The molecular weight excluding hydrogens is 324 g/mol. The van der Waals surface area contributed by atoms with Crippen molar-refractivity contribution in [3.05, 3.63) is 59.7 Å². The number of carbonyl (C=O) groups excluding carboxylic acids is 1.